The highest BCUT2D eigenvalue weighted by molar-refractivity contribution is 7.95. The molecule has 0 amide bonds. The number of anilines is 1. The molecular formula is C31H35NO6S. The first-order valence-electron chi connectivity index (χ1n) is 12.9. The second-order valence-electron chi connectivity index (χ2n) is 10.7. The van der Waals surface area contributed by atoms with Gasteiger partial charge in [-0.2, -0.15) is 0 Å². The highest BCUT2D eigenvalue weighted by Gasteiger charge is 2.33. The van der Waals surface area contributed by atoms with E-state index in [9.17, 15) is 18.3 Å². The van der Waals surface area contributed by atoms with E-state index in [1.807, 2.05) is 43.3 Å². The van der Waals surface area contributed by atoms with Crippen molar-refractivity contribution in [3.63, 3.8) is 0 Å². The molecule has 1 aliphatic rings. The molecule has 3 aromatic rings. The SMILES string of the molecule is Cc1cc(NS(=O)(=O)/C=C/c2ccccc2)c(C)c(C(OC(C)(C)C)C(=O)O)c1-c1ccc2c(c1)CCCO2. The molecule has 1 aliphatic heterocycles. The lowest BCUT2D eigenvalue weighted by Gasteiger charge is -2.30. The molecule has 0 spiro atoms. The molecule has 1 unspecified atom stereocenters. The zero-order valence-corrected chi connectivity index (χ0v) is 23.8. The van der Waals surface area contributed by atoms with Gasteiger partial charge in [0.1, 0.15) is 5.75 Å². The maximum Gasteiger partial charge on any atom is 0.337 e. The fourth-order valence-electron chi connectivity index (χ4n) is 4.78. The van der Waals surface area contributed by atoms with E-state index in [1.54, 1.807) is 45.9 Å². The van der Waals surface area contributed by atoms with Gasteiger partial charge in [-0.25, -0.2) is 13.2 Å². The zero-order chi connectivity index (χ0) is 28.4. The van der Waals surface area contributed by atoms with E-state index in [-0.39, 0.29) is 0 Å². The average Bonchev–Trinajstić information content (AvgIpc) is 2.87. The molecule has 0 fully saturated rings. The average molecular weight is 550 g/mol. The number of carbonyl (C=O) groups is 1. The number of nitrogens with one attached hydrogen (secondary N) is 1. The van der Waals surface area contributed by atoms with Gasteiger partial charge in [-0.3, -0.25) is 4.72 Å². The van der Waals surface area contributed by atoms with Crippen LogP contribution in [0.4, 0.5) is 5.69 Å². The third kappa shape index (κ3) is 6.88. The molecule has 0 radical (unpaired) electrons. The number of ether oxygens (including phenoxy) is 2. The lowest BCUT2D eigenvalue weighted by Crippen LogP contribution is -2.28. The monoisotopic (exact) mass is 549 g/mol. The first-order chi connectivity index (χ1) is 18.3. The van der Waals surface area contributed by atoms with E-state index in [2.05, 4.69) is 4.72 Å². The molecule has 2 N–H and O–H groups in total. The Kier molecular flexibility index (Phi) is 8.18. The highest BCUT2D eigenvalue weighted by atomic mass is 32.2. The highest BCUT2D eigenvalue weighted by Crippen LogP contribution is 2.42. The van der Waals surface area contributed by atoms with Crippen LogP contribution in [0, 0.1) is 13.8 Å². The molecule has 0 aliphatic carbocycles. The summed E-state index contributed by atoms with van der Waals surface area (Å²) in [5.41, 5.74) is 4.50. The van der Waals surface area contributed by atoms with Crippen molar-refractivity contribution in [1.82, 2.24) is 0 Å². The molecule has 0 aromatic heterocycles. The van der Waals surface area contributed by atoms with Crippen molar-refractivity contribution < 1.29 is 27.8 Å². The fraction of sp³-hybridized carbons (Fsp3) is 0.323. The standard InChI is InChI=1S/C31H35NO6S/c1-20-18-25(32-39(35,36)17-15-22-10-7-6-8-11-22)21(2)28(29(30(33)34)38-31(3,4)5)27(20)24-13-14-26-23(19-24)12-9-16-37-26/h6-8,10-11,13-15,17-19,29,32H,9,12,16H2,1-5H3,(H,33,34)/b17-15+. The van der Waals surface area contributed by atoms with Crippen LogP contribution in [0.2, 0.25) is 0 Å². The van der Waals surface area contributed by atoms with Crippen LogP contribution in [0.25, 0.3) is 17.2 Å². The Hall–Kier alpha value is -3.62. The third-order valence-electron chi connectivity index (χ3n) is 6.48. The second-order valence-corrected chi connectivity index (χ2v) is 12.3. The molecule has 0 bridgehead atoms. The van der Waals surface area contributed by atoms with Crippen LogP contribution in [0.3, 0.4) is 0 Å². The molecular weight excluding hydrogens is 514 g/mol. The van der Waals surface area contributed by atoms with Crippen LogP contribution >= 0.6 is 0 Å². The lowest BCUT2D eigenvalue weighted by molar-refractivity contribution is -0.160. The number of sulfonamides is 1. The van der Waals surface area contributed by atoms with E-state index in [4.69, 9.17) is 9.47 Å². The van der Waals surface area contributed by atoms with E-state index in [0.29, 0.717) is 29.0 Å². The Morgan fingerprint density at radius 2 is 1.82 bits per heavy atom. The van der Waals surface area contributed by atoms with Gasteiger partial charge in [-0.15, -0.1) is 0 Å². The molecule has 1 atom stereocenters. The quantitative estimate of drug-likeness (QED) is 0.326. The van der Waals surface area contributed by atoms with Crippen LogP contribution in [0.15, 0.2) is 60.0 Å². The third-order valence-corrected chi connectivity index (χ3v) is 7.48. The van der Waals surface area contributed by atoms with E-state index < -0.39 is 27.7 Å². The first kappa shape index (κ1) is 28.4. The van der Waals surface area contributed by atoms with E-state index in [1.165, 1.54) is 6.08 Å². The minimum atomic E-state index is -3.89. The van der Waals surface area contributed by atoms with Crippen molar-refractivity contribution in [3.8, 4) is 16.9 Å². The molecule has 0 saturated heterocycles. The summed E-state index contributed by atoms with van der Waals surface area (Å²) in [7, 11) is -3.89. The molecule has 4 rings (SSSR count). The molecule has 39 heavy (non-hydrogen) atoms. The minimum Gasteiger partial charge on any atom is -0.493 e. The Morgan fingerprint density at radius 3 is 2.49 bits per heavy atom. The second kappa shape index (κ2) is 11.2. The van der Waals surface area contributed by atoms with Gasteiger partial charge in [-0.05, 0) is 105 Å². The number of fused-ring (bicyclic) bond motifs is 1. The van der Waals surface area contributed by atoms with Crippen molar-refractivity contribution in [2.45, 2.75) is 59.2 Å². The van der Waals surface area contributed by atoms with Gasteiger partial charge < -0.3 is 14.6 Å². The summed E-state index contributed by atoms with van der Waals surface area (Å²) >= 11 is 0. The van der Waals surface area contributed by atoms with Gasteiger partial charge in [0.05, 0.1) is 23.3 Å². The Balaban J connectivity index is 1.86. The summed E-state index contributed by atoms with van der Waals surface area (Å²) in [5, 5.41) is 11.4. The van der Waals surface area contributed by atoms with E-state index in [0.717, 1.165) is 46.3 Å². The Bertz CT molecular complexity index is 1500. The fourth-order valence-corrected chi connectivity index (χ4v) is 5.70. The number of rotatable bonds is 8. The summed E-state index contributed by atoms with van der Waals surface area (Å²) < 4.78 is 40.6. The number of benzene rings is 3. The van der Waals surface area contributed by atoms with Crippen molar-refractivity contribution in [2.75, 3.05) is 11.3 Å². The van der Waals surface area contributed by atoms with Gasteiger partial charge in [-0.1, -0.05) is 36.4 Å². The molecule has 3 aromatic carbocycles. The number of aryl methyl sites for hydroxylation is 2. The maximum absolute atomic E-state index is 13.0. The first-order valence-corrected chi connectivity index (χ1v) is 14.5. The lowest BCUT2D eigenvalue weighted by atomic mass is 9.86. The summed E-state index contributed by atoms with van der Waals surface area (Å²) in [6.45, 7) is 9.62. The van der Waals surface area contributed by atoms with Gasteiger partial charge in [0.2, 0.25) is 0 Å². The number of hydrogen-bond acceptors (Lipinski definition) is 5. The van der Waals surface area contributed by atoms with Gasteiger partial charge in [0.15, 0.2) is 6.10 Å². The van der Waals surface area contributed by atoms with Crippen LogP contribution in [0.5, 0.6) is 5.75 Å². The summed E-state index contributed by atoms with van der Waals surface area (Å²) in [6, 6.07) is 16.7. The molecule has 1 heterocycles. The summed E-state index contributed by atoms with van der Waals surface area (Å²) in [6.07, 6.45) is 1.96. The van der Waals surface area contributed by atoms with Crippen LogP contribution in [0.1, 0.15) is 61.1 Å². The van der Waals surface area contributed by atoms with Crippen LogP contribution < -0.4 is 9.46 Å². The number of carboxylic acid groups (broad SMARTS) is 1. The van der Waals surface area contributed by atoms with Gasteiger partial charge in [0.25, 0.3) is 10.0 Å². The van der Waals surface area contributed by atoms with Crippen molar-refractivity contribution in [1.29, 1.82) is 0 Å². The Morgan fingerprint density at radius 1 is 1.10 bits per heavy atom. The van der Waals surface area contributed by atoms with E-state index >= 15 is 0 Å². The zero-order valence-electron chi connectivity index (χ0n) is 22.9. The molecule has 8 heteroatoms. The smallest absolute Gasteiger partial charge is 0.337 e. The van der Waals surface area contributed by atoms with Gasteiger partial charge in [0, 0.05) is 5.56 Å². The topological polar surface area (TPSA) is 102 Å². The number of carboxylic acids is 1. The largest absolute Gasteiger partial charge is 0.493 e. The van der Waals surface area contributed by atoms with Gasteiger partial charge >= 0.3 is 5.97 Å². The minimum absolute atomic E-state index is 0.300. The Labute approximate surface area is 230 Å². The van der Waals surface area contributed by atoms with Crippen LogP contribution in [-0.4, -0.2) is 31.7 Å². The van der Waals surface area contributed by atoms with Crippen molar-refractivity contribution in [3.05, 3.63) is 87.8 Å². The molecule has 7 nitrogen and oxygen atoms in total. The number of aliphatic carboxylic acids is 1. The van der Waals surface area contributed by atoms with Crippen LogP contribution in [-0.2, 0) is 26.0 Å². The van der Waals surface area contributed by atoms with Crippen molar-refractivity contribution >= 4 is 27.8 Å². The summed E-state index contributed by atoms with van der Waals surface area (Å²) in [5.74, 6) is -0.324. The predicted octanol–water partition coefficient (Wildman–Crippen LogP) is 6.65. The predicted molar refractivity (Wildman–Crippen MR) is 154 cm³/mol. The number of hydrogen-bond donors (Lipinski definition) is 2. The molecule has 0 saturated carbocycles. The summed E-state index contributed by atoms with van der Waals surface area (Å²) in [4.78, 5) is 12.6. The normalized spacial score (nSPS) is 14.5. The van der Waals surface area contributed by atoms with Crippen molar-refractivity contribution in [2.24, 2.45) is 0 Å². The molecule has 206 valence electrons. The maximum atomic E-state index is 13.0.